The van der Waals surface area contributed by atoms with E-state index in [9.17, 15) is 9.46 Å². The van der Waals surface area contributed by atoms with E-state index >= 15 is 0 Å². The van der Waals surface area contributed by atoms with E-state index in [1.807, 2.05) is 58.9 Å². The van der Waals surface area contributed by atoms with Crippen molar-refractivity contribution in [1.29, 1.82) is 0 Å². The van der Waals surface area contributed by atoms with Crippen molar-refractivity contribution in [3.63, 3.8) is 0 Å². The maximum atomic E-state index is 12.3. The monoisotopic (exact) mass is 354 g/mol. The summed E-state index contributed by atoms with van der Waals surface area (Å²) in [4.78, 5) is 12.3. The van der Waals surface area contributed by atoms with Crippen LogP contribution >= 0.6 is 7.82 Å². The van der Waals surface area contributed by atoms with Crippen molar-refractivity contribution < 1.29 is 48.1 Å². The topological polar surface area (TPSA) is 58.6 Å². The molecule has 2 aromatic carbocycles. The van der Waals surface area contributed by atoms with Gasteiger partial charge >= 0.3 is 37.4 Å². The first kappa shape index (κ1) is 19.6. The number of rotatable bonds is 0. The van der Waals surface area contributed by atoms with E-state index in [4.69, 9.17) is 9.05 Å². The number of aryl methyl sites for hydroxylation is 4. The van der Waals surface area contributed by atoms with Gasteiger partial charge in [-0.1, -0.05) is 42.3 Å². The van der Waals surface area contributed by atoms with Gasteiger partial charge in [-0.3, -0.25) is 0 Å². The normalized spacial score (nSPS) is 22.0. The third kappa shape index (κ3) is 3.58. The van der Waals surface area contributed by atoms with Crippen LogP contribution in [0.1, 0.15) is 46.2 Å². The second-order valence-corrected chi connectivity index (χ2v) is 7.61. The molecular weight excluding hydrogens is 334 g/mol. The standard InChI is InChI=1S/C18H21O4P.Na/c1-10-6-12(3)17-15(8-10)14(5)16-9-11(2)7-13(4)18(16)22-23(19,20)21-17;/h6-9,14H,1-5H3,(H,19,20);/q;+1/p-1. The molecule has 0 saturated heterocycles. The molecule has 0 N–H and O–H groups in total. The van der Waals surface area contributed by atoms with Gasteiger partial charge in [0.25, 0.3) is 0 Å². The van der Waals surface area contributed by atoms with Gasteiger partial charge in [0.1, 0.15) is 11.5 Å². The van der Waals surface area contributed by atoms with Crippen LogP contribution in [0.15, 0.2) is 24.3 Å². The van der Waals surface area contributed by atoms with Crippen molar-refractivity contribution in [2.24, 2.45) is 0 Å². The minimum atomic E-state index is -4.48. The quantitative estimate of drug-likeness (QED) is 0.529. The largest absolute Gasteiger partial charge is 1.00 e. The molecular formula is C18H20NaO4P. The van der Waals surface area contributed by atoms with Crippen LogP contribution in [0.5, 0.6) is 11.5 Å². The Labute approximate surface area is 165 Å². The van der Waals surface area contributed by atoms with Gasteiger partial charge in [-0.2, -0.15) is 0 Å². The molecule has 0 aromatic heterocycles. The molecule has 3 rings (SSSR count). The second kappa shape index (κ2) is 6.86. The molecule has 0 unspecified atom stereocenters. The molecule has 0 radical (unpaired) electrons. The molecule has 0 aliphatic carbocycles. The Morgan fingerprint density at radius 2 is 1.25 bits per heavy atom. The van der Waals surface area contributed by atoms with E-state index in [2.05, 4.69) is 0 Å². The van der Waals surface area contributed by atoms with Crippen LogP contribution in [0.4, 0.5) is 0 Å². The Balaban J connectivity index is 0.00000208. The number of hydrogen-bond donors (Lipinski definition) is 0. The zero-order valence-corrected chi connectivity index (χ0v) is 17.9. The van der Waals surface area contributed by atoms with E-state index < -0.39 is 7.82 Å². The summed E-state index contributed by atoms with van der Waals surface area (Å²) in [5.74, 6) is 0.731. The van der Waals surface area contributed by atoms with Crippen molar-refractivity contribution in [1.82, 2.24) is 0 Å². The van der Waals surface area contributed by atoms with Crippen molar-refractivity contribution in [2.75, 3.05) is 0 Å². The molecule has 0 amide bonds. The van der Waals surface area contributed by atoms with Gasteiger partial charge in [0.2, 0.25) is 0 Å². The Bertz CT molecular complexity index is 782. The molecule has 1 heterocycles. The first-order chi connectivity index (χ1) is 10.7. The van der Waals surface area contributed by atoms with Crippen LogP contribution in [0.2, 0.25) is 0 Å². The summed E-state index contributed by atoms with van der Waals surface area (Å²) in [7, 11) is -4.48. The molecule has 0 bridgehead atoms. The average molecular weight is 354 g/mol. The molecule has 0 saturated carbocycles. The van der Waals surface area contributed by atoms with E-state index in [1.54, 1.807) is 0 Å². The fourth-order valence-corrected chi connectivity index (χ4v) is 4.26. The first-order valence-electron chi connectivity index (χ1n) is 7.60. The fourth-order valence-electron chi connectivity index (χ4n) is 3.28. The molecule has 4 nitrogen and oxygen atoms in total. The van der Waals surface area contributed by atoms with Crippen LogP contribution in [-0.2, 0) is 4.57 Å². The summed E-state index contributed by atoms with van der Waals surface area (Å²) >= 11 is 0. The van der Waals surface area contributed by atoms with Gasteiger partial charge in [-0.15, -0.1) is 0 Å². The number of hydrogen-bond acceptors (Lipinski definition) is 4. The van der Waals surface area contributed by atoms with Crippen LogP contribution in [0, 0.1) is 27.7 Å². The summed E-state index contributed by atoms with van der Waals surface area (Å²) < 4.78 is 22.9. The van der Waals surface area contributed by atoms with Crippen LogP contribution < -0.4 is 43.5 Å². The summed E-state index contributed by atoms with van der Waals surface area (Å²) in [6.45, 7) is 9.73. The number of fused-ring (bicyclic) bond motifs is 2. The van der Waals surface area contributed by atoms with Gasteiger partial charge in [0.05, 0.1) is 0 Å². The van der Waals surface area contributed by atoms with Gasteiger partial charge < -0.3 is 13.9 Å². The molecule has 1 aliphatic heterocycles. The summed E-state index contributed by atoms with van der Waals surface area (Å²) in [5, 5.41) is 0. The molecule has 24 heavy (non-hydrogen) atoms. The van der Waals surface area contributed by atoms with Gasteiger partial charge in [-0.05, 0) is 38.8 Å². The molecule has 0 atom stereocenters. The average Bonchev–Trinajstić information content (AvgIpc) is 2.42. The van der Waals surface area contributed by atoms with E-state index in [0.717, 1.165) is 33.4 Å². The maximum Gasteiger partial charge on any atom is 1.00 e. The second-order valence-electron chi connectivity index (χ2n) is 6.35. The molecule has 0 spiro atoms. The van der Waals surface area contributed by atoms with Crippen molar-refractivity contribution in [3.8, 4) is 11.5 Å². The van der Waals surface area contributed by atoms with Crippen molar-refractivity contribution in [2.45, 2.75) is 40.5 Å². The predicted molar refractivity (Wildman–Crippen MR) is 88.2 cm³/mol. The van der Waals surface area contributed by atoms with E-state index in [0.29, 0.717) is 11.5 Å². The SMILES string of the molecule is Cc1cc(C)c2c(c1)C(C)c1cc(C)cc(C)c1OP(=O)([O-])O2.[Na+]. The Morgan fingerprint density at radius 1 is 0.875 bits per heavy atom. The van der Waals surface area contributed by atoms with Gasteiger partial charge in [0, 0.05) is 17.0 Å². The first-order valence-corrected chi connectivity index (χ1v) is 9.06. The van der Waals surface area contributed by atoms with Crippen molar-refractivity contribution >= 4 is 7.82 Å². The van der Waals surface area contributed by atoms with Crippen molar-refractivity contribution in [3.05, 3.63) is 57.6 Å². The molecule has 0 fully saturated rings. The van der Waals surface area contributed by atoms with Crippen LogP contribution in [0.25, 0.3) is 0 Å². The van der Waals surface area contributed by atoms with E-state index in [1.165, 1.54) is 0 Å². The Morgan fingerprint density at radius 3 is 1.62 bits per heavy atom. The van der Waals surface area contributed by atoms with Crippen LogP contribution in [0.3, 0.4) is 0 Å². The van der Waals surface area contributed by atoms with Gasteiger partial charge in [0.15, 0.2) is 0 Å². The summed E-state index contributed by atoms with van der Waals surface area (Å²) in [6, 6.07) is 7.80. The minimum absolute atomic E-state index is 0. The van der Waals surface area contributed by atoms with Gasteiger partial charge in [-0.25, -0.2) is 4.57 Å². The number of phosphoric ester groups is 1. The third-order valence-corrected chi connectivity index (χ3v) is 5.05. The maximum absolute atomic E-state index is 12.3. The molecule has 2 aromatic rings. The predicted octanol–water partition coefficient (Wildman–Crippen LogP) is 1.32. The summed E-state index contributed by atoms with van der Waals surface area (Å²) in [5.41, 5.74) is 5.47. The molecule has 1 aliphatic rings. The third-order valence-electron chi connectivity index (χ3n) is 4.23. The number of benzene rings is 2. The number of phosphoric acid groups is 1. The zero-order chi connectivity index (χ0) is 16.9. The fraction of sp³-hybridized carbons (Fsp3) is 0.333. The molecule has 122 valence electrons. The zero-order valence-electron chi connectivity index (χ0n) is 15.0. The van der Waals surface area contributed by atoms with E-state index in [-0.39, 0.29) is 35.5 Å². The smallest absolute Gasteiger partial charge is 0.736 e. The minimum Gasteiger partial charge on any atom is -0.736 e. The Hall–Kier alpha value is -0.770. The summed E-state index contributed by atoms with van der Waals surface area (Å²) in [6.07, 6.45) is 0. The van der Waals surface area contributed by atoms with Crippen LogP contribution in [-0.4, -0.2) is 0 Å². The Kier molecular flexibility index (Phi) is 5.59. The molecule has 6 heteroatoms.